The van der Waals surface area contributed by atoms with Crippen molar-refractivity contribution < 1.29 is 19.4 Å². The molecule has 1 heterocycles. The molecule has 0 spiro atoms. The monoisotopic (exact) mass is 231 g/mol. The fourth-order valence-electron chi connectivity index (χ4n) is 1.84. The molecule has 5 nitrogen and oxygen atoms in total. The fourth-order valence-corrected chi connectivity index (χ4v) is 1.84. The number of ether oxygens (including phenoxy) is 2. The van der Waals surface area contributed by atoms with Crippen LogP contribution in [0.15, 0.2) is 0 Å². The number of hydrogen-bond donors (Lipinski definition) is 2. The molecule has 1 rings (SSSR count). The Labute approximate surface area is 96.1 Å². The van der Waals surface area contributed by atoms with E-state index in [4.69, 9.17) is 14.6 Å². The summed E-state index contributed by atoms with van der Waals surface area (Å²) in [5, 5.41) is 11.7. The molecule has 5 heteroatoms. The molecule has 1 aliphatic heterocycles. The van der Waals surface area contributed by atoms with Crippen molar-refractivity contribution in [3.05, 3.63) is 0 Å². The van der Waals surface area contributed by atoms with Crippen molar-refractivity contribution in [2.24, 2.45) is 0 Å². The van der Waals surface area contributed by atoms with Crippen molar-refractivity contribution in [2.45, 2.75) is 44.4 Å². The van der Waals surface area contributed by atoms with Gasteiger partial charge in [0.15, 0.2) is 0 Å². The number of carbonyl (C=O) groups excluding carboxylic acids is 1. The Morgan fingerprint density at radius 3 is 2.88 bits per heavy atom. The fraction of sp³-hybridized carbons (Fsp3) is 0.909. The van der Waals surface area contributed by atoms with Gasteiger partial charge in [0.25, 0.3) is 0 Å². The van der Waals surface area contributed by atoms with Crippen LogP contribution in [0.1, 0.15) is 26.2 Å². The largest absolute Gasteiger partial charge is 0.396 e. The quantitative estimate of drug-likeness (QED) is 0.678. The summed E-state index contributed by atoms with van der Waals surface area (Å²) in [6.07, 6.45) is 2.02. The van der Waals surface area contributed by atoms with E-state index in [-0.39, 0.29) is 30.8 Å². The molecular formula is C11H21NO4. The maximum atomic E-state index is 11.8. The molecule has 1 fully saturated rings. The molecule has 1 aliphatic rings. The average Bonchev–Trinajstić information content (AvgIpc) is 2.65. The zero-order valence-electron chi connectivity index (χ0n) is 9.94. The third-order valence-corrected chi connectivity index (χ3v) is 2.72. The maximum Gasteiger partial charge on any atom is 0.249 e. The molecule has 94 valence electrons. The molecule has 0 aromatic rings. The summed E-state index contributed by atoms with van der Waals surface area (Å²) < 4.78 is 10.4. The second-order valence-corrected chi connectivity index (χ2v) is 4.19. The van der Waals surface area contributed by atoms with Crippen molar-refractivity contribution in [3.63, 3.8) is 0 Å². The smallest absolute Gasteiger partial charge is 0.249 e. The van der Waals surface area contributed by atoms with Crippen LogP contribution < -0.4 is 5.32 Å². The van der Waals surface area contributed by atoms with Crippen LogP contribution in [0.2, 0.25) is 0 Å². The van der Waals surface area contributed by atoms with E-state index in [0.717, 1.165) is 12.8 Å². The highest BCUT2D eigenvalue weighted by Gasteiger charge is 2.29. The highest BCUT2D eigenvalue weighted by molar-refractivity contribution is 5.81. The number of methoxy groups -OCH3 is 1. The minimum absolute atomic E-state index is 0.0379. The van der Waals surface area contributed by atoms with Crippen molar-refractivity contribution >= 4 is 5.91 Å². The molecular weight excluding hydrogens is 210 g/mol. The van der Waals surface area contributed by atoms with E-state index in [0.29, 0.717) is 13.0 Å². The normalized spacial score (nSPS) is 26.7. The lowest BCUT2D eigenvalue weighted by Crippen LogP contribution is -2.44. The van der Waals surface area contributed by atoms with Crippen LogP contribution >= 0.6 is 0 Å². The van der Waals surface area contributed by atoms with Crippen molar-refractivity contribution in [1.82, 2.24) is 5.32 Å². The zero-order chi connectivity index (χ0) is 12.0. The summed E-state index contributed by atoms with van der Waals surface area (Å²) in [5.74, 6) is -0.0974. The minimum Gasteiger partial charge on any atom is -0.396 e. The zero-order valence-corrected chi connectivity index (χ0v) is 9.94. The number of amides is 1. The molecule has 0 radical (unpaired) electrons. The van der Waals surface area contributed by atoms with E-state index in [1.807, 2.05) is 6.92 Å². The van der Waals surface area contributed by atoms with Crippen molar-refractivity contribution in [2.75, 3.05) is 20.3 Å². The standard InChI is InChI=1S/C11H21NO4/c1-8-3-4-10(16-8)11(14)12-9(5-6-13)7-15-2/h8-10,13H,3-7H2,1-2H3,(H,12,14). The molecule has 0 aromatic heterocycles. The Morgan fingerprint density at radius 2 is 2.38 bits per heavy atom. The Kier molecular flexibility index (Phi) is 5.73. The SMILES string of the molecule is COCC(CCO)NC(=O)C1CCC(C)O1. The summed E-state index contributed by atoms with van der Waals surface area (Å²) in [7, 11) is 1.57. The molecule has 1 amide bonds. The van der Waals surface area contributed by atoms with E-state index < -0.39 is 0 Å². The average molecular weight is 231 g/mol. The second-order valence-electron chi connectivity index (χ2n) is 4.19. The molecule has 3 unspecified atom stereocenters. The van der Waals surface area contributed by atoms with Gasteiger partial charge in [-0.15, -0.1) is 0 Å². The van der Waals surface area contributed by atoms with Crippen LogP contribution in [0.4, 0.5) is 0 Å². The van der Waals surface area contributed by atoms with Crippen LogP contribution in [0.5, 0.6) is 0 Å². The predicted molar refractivity (Wildman–Crippen MR) is 59.1 cm³/mol. The van der Waals surface area contributed by atoms with Crippen LogP contribution in [-0.2, 0) is 14.3 Å². The molecule has 3 atom stereocenters. The molecule has 2 N–H and O–H groups in total. The van der Waals surface area contributed by atoms with Gasteiger partial charge in [0.1, 0.15) is 6.10 Å². The first-order chi connectivity index (χ1) is 7.67. The van der Waals surface area contributed by atoms with Crippen LogP contribution in [-0.4, -0.2) is 49.6 Å². The molecule has 0 saturated carbocycles. The number of carbonyl (C=O) groups is 1. The van der Waals surface area contributed by atoms with E-state index in [9.17, 15) is 4.79 Å². The lowest BCUT2D eigenvalue weighted by atomic mass is 10.1. The summed E-state index contributed by atoms with van der Waals surface area (Å²) >= 11 is 0. The van der Waals surface area contributed by atoms with Gasteiger partial charge in [-0.25, -0.2) is 0 Å². The van der Waals surface area contributed by atoms with Crippen molar-refractivity contribution in [1.29, 1.82) is 0 Å². The topological polar surface area (TPSA) is 67.8 Å². The number of nitrogens with one attached hydrogen (secondary N) is 1. The van der Waals surface area contributed by atoms with Gasteiger partial charge in [0.05, 0.1) is 18.8 Å². The van der Waals surface area contributed by atoms with Gasteiger partial charge in [-0.2, -0.15) is 0 Å². The summed E-state index contributed by atoms with van der Waals surface area (Å²) in [6.45, 7) is 2.42. The molecule has 0 aliphatic carbocycles. The molecule has 0 aromatic carbocycles. The Balaban J connectivity index is 2.35. The highest BCUT2D eigenvalue weighted by atomic mass is 16.5. The number of aliphatic hydroxyl groups is 1. The van der Waals surface area contributed by atoms with E-state index in [1.165, 1.54) is 0 Å². The lowest BCUT2D eigenvalue weighted by molar-refractivity contribution is -0.132. The number of hydrogen-bond acceptors (Lipinski definition) is 4. The lowest BCUT2D eigenvalue weighted by Gasteiger charge is -2.19. The minimum atomic E-state index is -0.340. The van der Waals surface area contributed by atoms with Crippen LogP contribution in [0.25, 0.3) is 0 Å². The predicted octanol–water partition coefficient (Wildman–Crippen LogP) is 0.0675. The van der Waals surface area contributed by atoms with Gasteiger partial charge in [0.2, 0.25) is 5.91 Å². The van der Waals surface area contributed by atoms with Gasteiger partial charge >= 0.3 is 0 Å². The number of aliphatic hydroxyl groups excluding tert-OH is 1. The van der Waals surface area contributed by atoms with Gasteiger partial charge < -0.3 is 19.9 Å². The molecule has 1 saturated heterocycles. The first-order valence-electron chi connectivity index (χ1n) is 5.73. The molecule has 0 bridgehead atoms. The van der Waals surface area contributed by atoms with Gasteiger partial charge in [-0.1, -0.05) is 0 Å². The summed E-state index contributed by atoms with van der Waals surface area (Å²) in [4.78, 5) is 11.8. The third-order valence-electron chi connectivity index (χ3n) is 2.72. The summed E-state index contributed by atoms with van der Waals surface area (Å²) in [5.41, 5.74) is 0. The van der Waals surface area contributed by atoms with E-state index >= 15 is 0 Å². The van der Waals surface area contributed by atoms with E-state index in [1.54, 1.807) is 7.11 Å². The highest BCUT2D eigenvalue weighted by Crippen LogP contribution is 2.19. The van der Waals surface area contributed by atoms with Crippen LogP contribution in [0.3, 0.4) is 0 Å². The first-order valence-corrected chi connectivity index (χ1v) is 5.73. The Hall–Kier alpha value is -0.650. The first kappa shape index (κ1) is 13.4. The third kappa shape index (κ3) is 4.08. The van der Waals surface area contributed by atoms with Gasteiger partial charge in [-0.05, 0) is 26.2 Å². The van der Waals surface area contributed by atoms with Crippen molar-refractivity contribution in [3.8, 4) is 0 Å². The molecule has 16 heavy (non-hydrogen) atoms. The Bertz CT molecular complexity index is 216. The van der Waals surface area contributed by atoms with E-state index in [2.05, 4.69) is 5.32 Å². The summed E-state index contributed by atoms with van der Waals surface area (Å²) in [6, 6.07) is -0.137. The van der Waals surface area contributed by atoms with Crippen LogP contribution in [0, 0.1) is 0 Å². The van der Waals surface area contributed by atoms with Gasteiger partial charge in [-0.3, -0.25) is 4.79 Å². The van der Waals surface area contributed by atoms with Gasteiger partial charge in [0, 0.05) is 13.7 Å². The Morgan fingerprint density at radius 1 is 1.62 bits per heavy atom. The number of rotatable bonds is 6. The second kappa shape index (κ2) is 6.83. The maximum absolute atomic E-state index is 11.8.